The number of nitrogens with one attached hydrogen (secondary N) is 3. The van der Waals surface area contributed by atoms with Crippen molar-refractivity contribution in [1.82, 2.24) is 25.8 Å². The van der Waals surface area contributed by atoms with Crippen molar-refractivity contribution in [2.24, 2.45) is 5.92 Å². The molecule has 1 aromatic rings. The van der Waals surface area contributed by atoms with Crippen LogP contribution in [-0.4, -0.2) is 91.9 Å². The average molecular weight is 472 g/mol. The number of nitrogens with zero attached hydrogens (tertiary/aromatic N) is 2. The molecule has 0 unspecified atom stereocenters. The zero-order chi connectivity index (χ0) is 24.1. The summed E-state index contributed by atoms with van der Waals surface area (Å²) in [4.78, 5) is 55.3. The summed E-state index contributed by atoms with van der Waals surface area (Å²) < 4.78 is 5.16. The molecular weight excluding hydrogens is 438 g/mol. The van der Waals surface area contributed by atoms with Crippen LogP contribution in [-0.2, 0) is 14.4 Å². The lowest BCUT2D eigenvalue weighted by Crippen LogP contribution is -2.64. The van der Waals surface area contributed by atoms with Crippen LogP contribution in [0.4, 0.5) is 0 Å². The second kappa shape index (κ2) is 10.9. The summed E-state index contributed by atoms with van der Waals surface area (Å²) in [6, 6.07) is 5.36. The molecule has 34 heavy (non-hydrogen) atoms. The molecule has 10 nitrogen and oxygen atoms in total. The molecule has 4 rings (SSSR count). The van der Waals surface area contributed by atoms with E-state index < -0.39 is 18.0 Å². The molecule has 3 aliphatic heterocycles. The molecule has 3 saturated heterocycles. The first-order valence-corrected chi connectivity index (χ1v) is 12.0. The summed E-state index contributed by atoms with van der Waals surface area (Å²) in [7, 11) is 1.56. The number of rotatable bonds is 5. The van der Waals surface area contributed by atoms with Crippen molar-refractivity contribution in [2.45, 2.75) is 37.8 Å². The molecule has 4 amide bonds. The first-order chi connectivity index (χ1) is 16.5. The fraction of sp³-hybridized carbons (Fsp3) is 0.583. The number of carbonyl (C=O) groups excluding carboxylic acids is 4. The highest BCUT2D eigenvalue weighted by molar-refractivity contribution is 5.97. The lowest BCUT2D eigenvalue weighted by atomic mass is 9.95. The van der Waals surface area contributed by atoms with Crippen LogP contribution in [0.5, 0.6) is 5.75 Å². The van der Waals surface area contributed by atoms with Crippen LogP contribution in [0.3, 0.4) is 0 Å². The number of methoxy groups -OCH3 is 1. The highest BCUT2D eigenvalue weighted by atomic mass is 16.5. The van der Waals surface area contributed by atoms with Crippen LogP contribution in [0.25, 0.3) is 0 Å². The second-order valence-electron chi connectivity index (χ2n) is 9.05. The molecule has 184 valence electrons. The van der Waals surface area contributed by atoms with Gasteiger partial charge in [0.2, 0.25) is 17.7 Å². The fourth-order valence-electron chi connectivity index (χ4n) is 4.85. The van der Waals surface area contributed by atoms with Crippen LogP contribution >= 0.6 is 0 Å². The minimum Gasteiger partial charge on any atom is -0.497 e. The van der Waals surface area contributed by atoms with Gasteiger partial charge in [-0.05, 0) is 63.0 Å². The van der Waals surface area contributed by atoms with Gasteiger partial charge in [0.15, 0.2) is 0 Å². The van der Waals surface area contributed by atoms with Gasteiger partial charge in [0.25, 0.3) is 5.91 Å². The molecule has 3 aliphatic rings. The highest BCUT2D eigenvalue weighted by Gasteiger charge is 2.40. The largest absolute Gasteiger partial charge is 0.497 e. The van der Waals surface area contributed by atoms with Crippen molar-refractivity contribution in [2.75, 3.05) is 46.4 Å². The molecule has 3 fully saturated rings. The van der Waals surface area contributed by atoms with E-state index in [1.165, 1.54) is 0 Å². The molecule has 0 aliphatic carbocycles. The zero-order valence-corrected chi connectivity index (χ0v) is 19.5. The van der Waals surface area contributed by atoms with E-state index in [1.807, 2.05) is 0 Å². The summed E-state index contributed by atoms with van der Waals surface area (Å²) in [5.74, 6) is -0.346. The Bertz CT molecular complexity index is 915. The van der Waals surface area contributed by atoms with Crippen molar-refractivity contribution in [3.8, 4) is 5.75 Å². The van der Waals surface area contributed by atoms with Gasteiger partial charge in [-0.3, -0.25) is 19.2 Å². The highest BCUT2D eigenvalue weighted by Crippen LogP contribution is 2.22. The van der Waals surface area contributed by atoms with E-state index >= 15 is 0 Å². The summed E-state index contributed by atoms with van der Waals surface area (Å²) in [5.41, 5.74) is 0.491. The second-order valence-corrected chi connectivity index (χ2v) is 9.05. The monoisotopic (exact) mass is 471 g/mol. The van der Waals surface area contributed by atoms with Crippen LogP contribution in [0.2, 0.25) is 0 Å². The van der Waals surface area contributed by atoms with Gasteiger partial charge in [-0.1, -0.05) is 0 Å². The normalized spacial score (nSPS) is 23.7. The standard InChI is InChI=1S/C24H33N5O5/c1-34-18-6-4-16(5-7-18)23(32)28-13-14-29(24(33)17-8-11-25-12-9-17)20(15-28)22(31)27-19-3-2-10-26-21(19)30/h4-7,17,19-20,25H,2-3,8-15H2,1H3,(H,26,30)(H,27,31)/t19-,20+/m0/s1. The molecule has 0 saturated carbocycles. The molecule has 10 heteroatoms. The number of piperidine rings is 2. The number of piperazine rings is 1. The Labute approximate surface area is 199 Å². The Morgan fingerprint density at radius 2 is 1.76 bits per heavy atom. The smallest absolute Gasteiger partial charge is 0.254 e. The third kappa shape index (κ3) is 5.32. The van der Waals surface area contributed by atoms with Gasteiger partial charge < -0.3 is 30.5 Å². The minimum atomic E-state index is -0.840. The zero-order valence-electron chi connectivity index (χ0n) is 19.5. The Morgan fingerprint density at radius 3 is 2.44 bits per heavy atom. The number of benzene rings is 1. The van der Waals surface area contributed by atoms with Crippen LogP contribution in [0.1, 0.15) is 36.0 Å². The maximum Gasteiger partial charge on any atom is 0.254 e. The summed E-state index contributed by atoms with van der Waals surface area (Å²) in [6.45, 7) is 2.84. The predicted molar refractivity (Wildman–Crippen MR) is 124 cm³/mol. The van der Waals surface area contributed by atoms with Gasteiger partial charge in [0.05, 0.1) is 13.7 Å². The first kappa shape index (κ1) is 24.0. The number of carbonyl (C=O) groups is 4. The lowest BCUT2D eigenvalue weighted by Gasteiger charge is -2.42. The maximum absolute atomic E-state index is 13.4. The topological polar surface area (TPSA) is 120 Å². The predicted octanol–water partition coefficient (Wildman–Crippen LogP) is -0.257. The van der Waals surface area contributed by atoms with Crippen LogP contribution in [0, 0.1) is 5.92 Å². The first-order valence-electron chi connectivity index (χ1n) is 12.0. The summed E-state index contributed by atoms with van der Waals surface area (Å²) in [5, 5.41) is 8.85. The molecule has 2 atom stereocenters. The van der Waals surface area contributed by atoms with E-state index in [1.54, 1.807) is 41.2 Å². The van der Waals surface area contributed by atoms with Gasteiger partial charge >= 0.3 is 0 Å². The van der Waals surface area contributed by atoms with Gasteiger partial charge in [-0.25, -0.2) is 0 Å². The number of hydrogen-bond donors (Lipinski definition) is 3. The Hall–Kier alpha value is -3.14. The van der Waals surface area contributed by atoms with Gasteiger partial charge in [0, 0.05) is 31.1 Å². The van der Waals surface area contributed by atoms with E-state index in [0.717, 1.165) is 32.4 Å². The molecule has 0 bridgehead atoms. The number of hydrogen-bond acceptors (Lipinski definition) is 6. The van der Waals surface area contributed by atoms with Crippen molar-refractivity contribution in [1.29, 1.82) is 0 Å². The quantitative estimate of drug-likeness (QED) is 0.545. The summed E-state index contributed by atoms with van der Waals surface area (Å²) >= 11 is 0. The van der Waals surface area contributed by atoms with E-state index in [2.05, 4.69) is 16.0 Å². The number of ether oxygens (including phenoxy) is 1. The maximum atomic E-state index is 13.4. The Kier molecular flexibility index (Phi) is 7.66. The molecule has 0 spiro atoms. The van der Waals surface area contributed by atoms with E-state index in [-0.39, 0.29) is 36.7 Å². The Morgan fingerprint density at radius 1 is 1.03 bits per heavy atom. The molecule has 0 aromatic heterocycles. The average Bonchev–Trinajstić information content (AvgIpc) is 2.89. The SMILES string of the molecule is COc1ccc(C(=O)N2CCN(C(=O)C3CCNCC3)[C@@H](C(=O)N[C@H]3CCCNC3=O)C2)cc1. The molecule has 3 N–H and O–H groups in total. The lowest BCUT2D eigenvalue weighted by molar-refractivity contribution is -0.147. The molecule has 0 radical (unpaired) electrons. The van der Waals surface area contributed by atoms with E-state index in [0.29, 0.717) is 30.8 Å². The van der Waals surface area contributed by atoms with Crippen LogP contribution < -0.4 is 20.7 Å². The van der Waals surface area contributed by atoms with Crippen molar-refractivity contribution >= 4 is 23.6 Å². The van der Waals surface area contributed by atoms with Gasteiger partial charge in [-0.2, -0.15) is 0 Å². The van der Waals surface area contributed by atoms with Gasteiger partial charge in [0.1, 0.15) is 17.8 Å². The van der Waals surface area contributed by atoms with Crippen LogP contribution in [0.15, 0.2) is 24.3 Å². The van der Waals surface area contributed by atoms with Crippen molar-refractivity contribution in [3.63, 3.8) is 0 Å². The van der Waals surface area contributed by atoms with Crippen molar-refractivity contribution < 1.29 is 23.9 Å². The van der Waals surface area contributed by atoms with Crippen molar-refractivity contribution in [3.05, 3.63) is 29.8 Å². The molecular formula is C24H33N5O5. The van der Waals surface area contributed by atoms with Gasteiger partial charge in [-0.15, -0.1) is 0 Å². The third-order valence-electron chi connectivity index (χ3n) is 6.88. The minimum absolute atomic E-state index is 0.0497. The molecule has 1 aromatic carbocycles. The molecule has 3 heterocycles. The summed E-state index contributed by atoms with van der Waals surface area (Å²) in [6.07, 6.45) is 2.79. The third-order valence-corrected chi connectivity index (χ3v) is 6.88. The van der Waals surface area contributed by atoms with E-state index in [4.69, 9.17) is 4.74 Å². The Balaban J connectivity index is 1.51. The number of amides is 4. The van der Waals surface area contributed by atoms with E-state index in [9.17, 15) is 19.2 Å². The fourth-order valence-corrected chi connectivity index (χ4v) is 4.85.